The molecule has 25 heavy (non-hydrogen) atoms. The molecule has 0 aliphatic carbocycles. The molecule has 132 valence electrons. The first kappa shape index (κ1) is 18.4. The second-order valence-corrected chi connectivity index (χ2v) is 5.08. The zero-order valence-electron chi connectivity index (χ0n) is 13.3. The fraction of sp³-hybridized carbons (Fsp3) is 0.167. The smallest absolute Gasteiger partial charge is 0.416 e. The van der Waals surface area contributed by atoms with Crippen molar-refractivity contribution < 1.29 is 22.7 Å². The van der Waals surface area contributed by atoms with Gasteiger partial charge in [0.05, 0.1) is 17.8 Å². The van der Waals surface area contributed by atoms with Gasteiger partial charge in [0.2, 0.25) is 5.91 Å². The summed E-state index contributed by atoms with van der Waals surface area (Å²) in [5, 5.41) is 5.32. The monoisotopic (exact) mass is 350 g/mol. The molecule has 2 aromatic carbocycles. The van der Waals surface area contributed by atoms with E-state index in [1.54, 1.807) is 30.3 Å². The topological polar surface area (TPSA) is 50.4 Å². The number of benzene rings is 2. The van der Waals surface area contributed by atoms with E-state index < -0.39 is 17.6 Å². The van der Waals surface area contributed by atoms with Crippen molar-refractivity contribution >= 4 is 17.3 Å². The van der Waals surface area contributed by atoms with Gasteiger partial charge >= 0.3 is 6.18 Å². The average Bonchev–Trinajstić information content (AvgIpc) is 2.58. The molecule has 0 spiro atoms. The second-order valence-electron chi connectivity index (χ2n) is 5.08. The minimum absolute atomic E-state index is 0.0813. The molecule has 0 heterocycles. The summed E-state index contributed by atoms with van der Waals surface area (Å²) in [5.74, 6) is 0.0760. The minimum atomic E-state index is -4.46. The molecule has 0 aliphatic rings. The molecule has 2 aromatic rings. The summed E-state index contributed by atoms with van der Waals surface area (Å²) in [6, 6.07) is 11.5. The molecule has 0 saturated heterocycles. The van der Waals surface area contributed by atoms with Crippen LogP contribution in [0.25, 0.3) is 0 Å². The van der Waals surface area contributed by atoms with Crippen molar-refractivity contribution in [3.8, 4) is 5.75 Å². The van der Waals surface area contributed by atoms with Crippen molar-refractivity contribution in [2.24, 2.45) is 0 Å². The number of nitrogens with one attached hydrogen (secondary N) is 2. The molecule has 4 nitrogen and oxygen atoms in total. The SMILES string of the molecule is C=CCOc1ccccc1NCC(=O)Nc1cccc(C(F)(F)F)c1. The van der Waals surface area contributed by atoms with Crippen LogP contribution >= 0.6 is 0 Å². The predicted octanol–water partition coefficient (Wildman–Crippen LogP) is 4.32. The molecule has 2 N–H and O–H groups in total. The second kappa shape index (κ2) is 8.23. The number of anilines is 2. The van der Waals surface area contributed by atoms with E-state index in [9.17, 15) is 18.0 Å². The molecular weight excluding hydrogens is 333 g/mol. The maximum atomic E-state index is 12.7. The number of carbonyl (C=O) groups excluding carboxylic acids is 1. The van der Waals surface area contributed by atoms with Gasteiger partial charge < -0.3 is 15.4 Å². The van der Waals surface area contributed by atoms with Crippen molar-refractivity contribution in [2.75, 3.05) is 23.8 Å². The lowest BCUT2D eigenvalue weighted by Gasteiger charge is -2.13. The maximum absolute atomic E-state index is 12.7. The zero-order chi connectivity index (χ0) is 18.3. The van der Waals surface area contributed by atoms with Crippen molar-refractivity contribution in [3.63, 3.8) is 0 Å². The number of rotatable bonds is 7. The van der Waals surface area contributed by atoms with Crippen molar-refractivity contribution in [1.29, 1.82) is 0 Å². The Morgan fingerprint density at radius 1 is 1.16 bits per heavy atom. The van der Waals surface area contributed by atoms with Gasteiger partial charge in [0, 0.05) is 5.69 Å². The highest BCUT2D eigenvalue weighted by molar-refractivity contribution is 5.94. The van der Waals surface area contributed by atoms with Crippen LogP contribution in [-0.2, 0) is 11.0 Å². The average molecular weight is 350 g/mol. The number of carbonyl (C=O) groups is 1. The van der Waals surface area contributed by atoms with Crippen LogP contribution in [0.15, 0.2) is 61.2 Å². The molecule has 1 amide bonds. The van der Waals surface area contributed by atoms with Gasteiger partial charge in [0.25, 0.3) is 0 Å². The van der Waals surface area contributed by atoms with E-state index >= 15 is 0 Å². The molecule has 2 rings (SSSR count). The van der Waals surface area contributed by atoms with Gasteiger partial charge in [-0.3, -0.25) is 4.79 Å². The Labute approximate surface area is 143 Å². The molecule has 0 bridgehead atoms. The van der Waals surface area contributed by atoms with E-state index in [1.165, 1.54) is 12.1 Å². The summed E-state index contributed by atoms with van der Waals surface area (Å²) in [7, 11) is 0. The fourth-order valence-electron chi connectivity index (χ4n) is 2.04. The number of halogens is 3. The van der Waals surface area contributed by atoms with Crippen LogP contribution < -0.4 is 15.4 Å². The van der Waals surface area contributed by atoms with Crippen LogP contribution in [0.5, 0.6) is 5.75 Å². The predicted molar refractivity (Wildman–Crippen MR) is 90.7 cm³/mol. The summed E-state index contributed by atoms with van der Waals surface area (Å²) in [4.78, 5) is 12.0. The lowest BCUT2D eigenvalue weighted by Crippen LogP contribution is -2.22. The Bertz CT molecular complexity index is 745. The first-order valence-corrected chi connectivity index (χ1v) is 7.44. The first-order valence-electron chi connectivity index (χ1n) is 7.44. The van der Waals surface area contributed by atoms with Gasteiger partial charge in [-0.25, -0.2) is 0 Å². The van der Waals surface area contributed by atoms with Gasteiger partial charge in [-0.2, -0.15) is 13.2 Å². The van der Waals surface area contributed by atoms with Crippen LogP contribution in [0.3, 0.4) is 0 Å². The van der Waals surface area contributed by atoms with Gasteiger partial charge in [0.15, 0.2) is 0 Å². The van der Waals surface area contributed by atoms with Crippen LogP contribution in [0, 0.1) is 0 Å². The summed E-state index contributed by atoms with van der Waals surface area (Å²) in [6.07, 6.45) is -2.86. The lowest BCUT2D eigenvalue weighted by atomic mass is 10.2. The Morgan fingerprint density at radius 2 is 1.92 bits per heavy atom. The van der Waals surface area contributed by atoms with Gasteiger partial charge in [-0.1, -0.05) is 30.9 Å². The van der Waals surface area contributed by atoms with Crippen LogP contribution in [0.2, 0.25) is 0 Å². The number of ether oxygens (including phenoxy) is 1. The van der Waals surface area contributed by atoms with Crippen LogP contribution in [-0.4, -0.2) is 19.1 Å². The van der Waals surface area contributed by atoms with Gasteiger partial charge in [-0.15, -0.1) is 0 Å². The molecule has 0 saturated carbocycles. The minimum Gasteiger partial charge on any atom is -0.487 e. The largest absolute Gasteiger partial charge is 0.487 e. The highest BCUT2D eigenvalue weighted by atomic mass is 19.4. The standard InChI is InChI=1S/C18H17F3N2O2/c1-2-10-25-16-9-4-3-8-15(16)22-12-17(24)23-14-7-5-6-13(11-14)18(19,20)21/h2-9,11,22H,1,10,12H2,(H,23,24). The number of alkyl halides is 3. The van der Waals surface area contributed by atoms with Crippen molar-refractivity contribution in [2.45, 2.75) is 6.18 Å². The molecule has 0 radical (unpaired) electrons. The third-order valence-electron chi connectivity index (χ3n) is 3.16. The van der Waals surface area contributed by atoms with Crippen molar-refractivity contribution in [3.05, 3.63) is 66.7 Å². The number of amides is 1. The number of para-hydroxylation sites is 2. The number of hydrogen-bond donors (Lipinski definition) is 2. The lowest BCUT2D eigenvalue weighted by molar-refractivity contribution is -0.137. The first-order chi connectivity index (χ1) is 11.9. The van der Waals surface area contributed by atoms with Crippen LogP contribution in [0.1, 0.15) is 5.56 Å². The van der Waals surface area contributed by atoms with E-state index in [4.69, 9.17) is 4.74 Å². The molecule has 0 fully saturated rings. The summed E-state index contributed by atoms with van der Waals surface area (Å²) in [6.45, 7) is 3.76. The highest BCUT2D eigenvalue weighted by Gasteiger charge is 2.30. The van der Waals surface area contributed by atoms with E-state index in [0.717, 1.165) is 12.1 Å². The van der Waals surface area contributed by atoms with E-state index in [-0.39, 0.29) is 12.2 Å². The Hall–Kier alpha value is -2.96. The quantitative estimate of drug-likeness (QED) is 0.731. The highest BCUT2D eigenvalue weighted by Crippen LogP contribution is 2.30. The van der Waals surface area contributed by atoms with Crippen LogP contribution in [0.4, 0.5) is 24.5 Å². The molecular formula is C18H17F3N2O2. The number of hydrogen-bond acceptors (Lipinski definition) is 3. The Kier molecular flexibility index (Phi) is 6.05. The summed E-state index contributed by atoms with van der Waals surface area (Å²) in [5.41, 5.74) is -0.136. The van der Waals surface area contributed by atoms with E-state index in [2.05, 4.69) is 17.2 Å². The summed E-state index contributed by atoms with van der Waals surface area (Å²) >= 11 is 0. The fourth-order valence-corrected chi connectivity index (χ4v) is 2.04. The molecule has 0 unspecified atom stereocenters. The summed E-state index contributed by atoms with van der Waals surface area (Å²) < 4.78 is 43.5. The third kappa shape index (κ3) is 5.56. The Morgan fingerprint density at radius 3 is 2.64 bits per heavy atom. The van der Waals surface area contributed by atoms with Gasteiger partial charge in [0.1, 0.15) is 12.4 Å². The molecule has 0 aliphatic heterocycles. The molecule has 0 atom stereocenters. The Balaban J connectivity index is 1.97. The molecule has 7 heteroatoms. The molecule has 0 aromatic heterocycles. The normalized spacial score (nSPS) is 10.8. The zero-order valence-corrected chi connectivity index (χ0v) is 13.3. The van der Waals surface area contributed by atoms with E-state index in [1.807, 2.05) is 0 Å². The third-order valence-corrected chi connectivity index (χ3v) is 3.16. The van der Waals surface area contributed by atoms with E-state index in [0.29, 0.717) is 18.0 Å². The maximum Gasteiger partial charge on any atom is 0.416 e. The van der Waals surface area contributed by atoms with Crippen molar-refractivity contribution in [1.82, 2.24) is 0 Å². The van der Waals surface area contributed by atoms with Gasteiger partial charge in [-0.05, 0) is 30.3 Å².